The van der Waals surface area contributed by atoms with Gasteiger partial charge in [0.05, 0.1) is 13.2 Å². The number of carbonyl (C=O) groups is 1. The monoisotopic (exact) mass is 340 g/mol. The molecule has 4 aliphatic rings. The maximum absolute atomic E-state index is 12.8. The van der Waals surface area contributed by atoms with Gasteiger partial charge >= 0.3 is 0 Å². The van der Waals surface area contributed by atoms with Crippen LogP contribution in [0.5, 0.6) is 0 Å². The second kappa shape index (κ2) is 5.35. The highest BCUT2D eigenvalue weighted by molar-refractivity contribution is 6.15. The fourth-order valence-corrected chi connectivity index (χ4v) is 4.35. The molecule has 0 radical (unpaired) electrons. The number of fused-ring (bicyclic) bond motifs is 3. The zero-order valence-corrected chi connectivity index (χ0v) is 14.3. The molecule has 0 amide bonds. The van der Waals surface area contributed by atoms with Crippen LogP contribution in [-0.2, 0) is 14.2 Å². The lowest BCUT2D eigenvalue weighted by Gasteiger charge is -2.32. The lowest BCUT2D eigenvalue weighted by atomic mass is 9.90. The van der Waals surface area contributed by atoms with Crippen LogP contribution in [0.4, 0.5) is 0 Å². The first kappa shape index (κ1) is 15.5. The molecule has 2 fully saturated rings. The summed E-state index contributed by atoms with van der Waals surface area (Å²) >= 11 is 0. The molecule has 5 nitrogen and oxygen atoms in total. The number of nitrogens with zero attached hydrogens (tertiary/aromatic N) is 1. The quantitative estimate of drug-likeness (QED) is 0.365. The Morgan fingerprint density at radius 2 is 2.04 bits per heavy atom. The third-order valence-corrected chi connectivity index (χ3v) is 6.01. The maximum atomic E-state index is 12.8. The minimum absolute atomic E-state index is 0.0151. The average molecular weight is 340 g/mol. The topological polar surface area (TPSA) is 44.8 Å². The molecule has 0 aromatic heterocycles. The van der Waals surface area contributed by atoms with Gasteiger partial charge in [0.1, 0.15) is 13.1 Å². The third kappa shape index (κ3) is 2.27. The molecular formula is C20H22NO4+. The molecule has 2 aliphatic carbocycles. The van der Waals surface area contributed by atoms with Gasteiger partial charge in [0.25, 0.3) is 0 Å². The standard InChI is InChI=1S/C20H22NO4/c1-23-20(25-18-13-21(18)8-10-24-11-9-21)7-6-15-14-4-2-3-5-16(14)19(22)17(15)12-20/h2-7,12,15,18H,8-11,13H2,1H3/q+1. The Kier molecular flexibility index (Phi) is 3.31. The molecule has 3 atom stereocenters. The smallest absolute Gasteiger partial charge is 0.247 e. The summed E-state index contributed by atoms with van der Waals surface area (Å²) < 4.78 is 18.5. The predicted octanol–water partition coefficient (Wildman–Crippen LogP) is 2.01. The molecule has 0 bridgehead atoms. The summed E-state index contributed by atoms with van der Waals surface area (Å²) in [4.78, 5) is 12.8. The second-order valence-corrected chi connectivity index (χ2v) is 7.31. The van der Waals surface area contributed by atoms with Crippen molar-refractivity contribution >= 4 is 5.78 Å². The van der Waals surface area contributed by atoms with Crippen molar-refractivity contribution in [2.24, 2.45) is 0 Å². The summed E-state index contributed by atoms with van der Waals surface area (Å²) in [6.45, 7) is 4.53. The number of morpholine rings is 1. The Morgan fingerprint density at radius 1 is 1.24 bits per heavy atom. The molecule has 3 unspecified atom stereocenters. The summed E-state index contributed by atoms with van der Waals surface area (Å²) in [5, 5.41) is 0. The van der Waals surface area contributed by atoms with E-state index >= 15 is 0 Å². The van der Waals surface area contributed by atoms with E-state index in [0.717, 1.165) is 54.0 Å². The fourth-order valence-electron chi connectivity index (χ4n) is 4.35. The normalized spacial score (nSPS) is 34.6. The number of Topliss-reactive ketones (excluding diaryl/α,β-unsaturated/α-hetero) is 1. The zero-order valence-electron chi connectivity index (χ0n) is 14.3. The van der Waals surface area contributed by atoms with Crippen molar-refractivity contribution in [3.05, 3.63) is 59.2 Å². The van der Waals surface area contributed by atoms with Crippen LogP contribution in [0.2, 0.25) is 0 Å². The van der Waals surface area contributed by atoms with Gasteiger partial charge in [-0.2, -0.15) is 0 Å². The van der Waals surface area contributed by atoms with Crippen molar-refractivity contribution in [1.82, 2.24) is 0 Å². The molecular weight excluding hydrogens is 318 g/mol. The molecule has 25 heavy (non-hydrogen) atoms. The van der Waals surface area contributed by atoms with Crippen molar-refractivity contribution in [1.29, 1.82) is 0 Å². The largest absolute Gasteiger partial charge is 0.370 e. The average Bonchev–Trinajstić information content (AvgIpc) is 3.22. The van der Waals surface area contributed by atoms with Gasteiger partial charge in [0.2, 0.25) is 12.0 Å². The molecule has 0 N–H and O–H groups in total. The summed E-state index contributed by atoms with van der Waals surface area (Å²) in [5.41, 5.74) is 2.63. The number of hydrogen-bond donors (Lipinski definition) is 0. The van der Waals surface area contributed by atoms with E-state index in [0.29, 0.717) is 0 Å². The molecule has 0 saturated carbocycles. The first-order valence-corrected chi connectivity index (χ1v) is 8.89. The van der Waals surface area contributed by atoms with Crippen LogP contribution in [0.3, 0.4) is 0 Å². The van der Waals surface area contributed by atoms with E-state index in [1.54, 1.807) is 7.11 Å². The van der Waals surface area contributed by atoms with E-state index in [1.807, 2.05) is 36.4 Å². The van der Waals surface area contributed by atoms with Crippen LogP contribution in [0, 0.1) is 0 Å². The van der Waals surface area contributed by atoms with Crippen LogP contribution in [-0.4, -0.2) is 62.2 Å². The van der Waals surface area contributed by atoms with Crippen molar-refractivity contribution < 1.29 is 23.5 Å². The number of ether oxygens (including phenoxy) is 3. The Balaban J connectivity index is 1.43. The number of quaternary nitrogens is 1. The molecule has 1 aromatic carbocycles. The van der Waals surface area contributed by atoms with Gasteiger partial charge in [-0.15, -0.1) is 0 Å². The van der Waals surface area contributed by atoms with Gasteiger partial charge in [-0.25, -0.2) is 0 Å². The van der Waals surface area contributed by atoms with Crippen LogP contribution >= 0.6 is 0 Å². The third-order valence-electron chi connectivity index (χ3n) is 6.01. The Morgan fingerprint density at radius 3 is 2.84 bits per heavy atom. The van der Waals surface area contributed by atoms with E-state index < -0.39 is 5.79 Å². The lowest BCUT2D eigenvalue weighted by molar-refractivity contribution is -0.839. The number of hydrogen-bond acceptors (Lipinski definition) is 4. The summed E-state index contributed by atoms with van der Waals surface area (Å²) in [7, 11) is 1.64. The van der Waals surface area contributed by atoms with Gasteiger partial charge in [-0.1, -0.05) is 30.3 Å². The molecule has 130 valence electrons. The SMILES string of the molecule is COC1(OC2C[N+]23CCOCC3)C=CC2C(=C1)C(=O)c1ccccc12. The lowest BCUT2D eigenvalue weighted by Crippen LogP contribution is -2.44. The molecule has 1 spiro atoms. The molecule has 5 heteroatoms. The number of ketones is 1. The fraction of sp³-hybridized carbons (Fsp3) is 0.450. The van der Waals surface area contributed by atoms with Gasteiger partial charge < -0.3 is 9.47 Å². The van der Waals surface area contributed by atoms with Crippen LogP contribution < -0.4 is 0 Å². The highest BCUT2D eigenvalue weighted by Crippen LogP contribution is 2.45. The molecule has 2 saturated heterocycles. The first-order chi connectivity index (χ1) is 12.2. The number of allylic oxidation sites excluding steroid dienone is 2. The first-order valence-electron chi connectivity index (χ1n) is 8.89. The zero-order chi connectivity index (χ0) is 17.1. The summed E-state index contributed by atoms with van der Waals surface area (Å²) in [6.07, 6.45) is 6.01. The van der Waals surface area contributed by atoms with Crippen LogP contribution in [0.1, 0.15) is 21.8 Å². The number of benzene rings is 1. The van der Waals surface area contributed by atoms with Crippen molar-refractivity contribution in [2.45, 2.75) is 17.9 Å². The van der Waals surface area contributed by atoms with Crippen molar-refractivity contribution in [3.8, 4) is 0 Å². The number of carbonyl (C=O) groups excluding carboxylic acids is 1. The van der Waals surface area contributed by atoms with E-state index in [9.17, 15) is 4.79 Å². The van der Waals surface area contributed by atoms with Gasteiger partial charge in [0.15, 0.2) is 12.3 Å². The highest BCUT2D eigenvalue weighted by Gasteiger charge is 2.59. The minimum atomic E-state index is -0.950. The van der Waals surface area contributed by atoms with E-state index in [-0.39, 0.29) is 17.9 Å². The Labute approximate surface area is 147 Å². The van der Waals surface area contributed by atoms with Gasteiger partial charge in [-0.05, 0) is 17.7 Å². The predicted molar refractivity (Wildman–Crippen MR) is 91.0 cm³/mol. The van der Waals surface area contributed by atoms with E-state index in [4.69, 9.17) is 14.2 Å². The van der Waals surface area contributed by atoms with Crippen molar-refractivity contribution in [2.75, 3.05) is 40.0 Å². The Hall–Kier alpha value is -1.79. The van der Waals surface area contributed by atoms with E-state index in [1.165, 1.54) is 0 Å². The highest BCUT2D eigenvalue weighted by atomic mass is 16.7. The Bertz CT molecular complexity index is 793. The molecule has 5 rings (SSSR count). The summed E-state index contributed by atoms with van der Waals surface area (Å²) in [5.74, 6) is -0.851. The second-order valence-electron chi connectivity index (χ2n) is 7.31. The van der Waals surface area contributed by atoms with Gasteiger partial charge in [0, 0.05) is 24.2 Å². The molecule has 2 heterocycles. The molecule has 2 aliphatic heterocycles. The van der Waals surface area contributed by atoms with E-state index in [2.05, 4.69) is 6.08 Å². The van der Waals surface area contributed by atoms with Gasteiger partial charge in [-0.3, -0.25) is 14.0 Å². The summed E-state index contributed by atoms with van der Waals surface area (Å²) in [6, 6.07) is 7.82. The number of methoxy groups -OCH3 is 1. The maximum Gasteiger partial charge on any atom is 0.247 e. The van der Waals surface area contributed by atoms with Crippen molar-refractivity contribution in [3.63, 3.8) is 0 Å². The molecule has 1 aromatic rings. The minimum Gasteiger partial charge on any atom is -0.370 e. The number of rotatable bonds is 3. The van der Waals surface area contributed by atoms with Crippen LogP contribution in [0.25, 0.3) is 0 Å². The van der Waals surface area contributed by atoms with Crippen LogP contribution in [0.15, 0.2) is 48.1 Å².